The first kappa shape index (κ1) is 15.8. The summed E-state index contributed by atoms with van der Waals surface area (Å²) in [5.41, 5.74) is -0.0928. The third-order valence-corrected chi connectivity index (χ3v) is 4.01. The number of nitrogens with zero attached hydrogens (tertiary/aromatic N) is 2. The highest BCUT2D eigenvalue weighted by atomic mass is 35.5. The molecule has 0 aliphatic heterocycles. The van der Waals surface area contributed by atoms with E-state index in [-0.39, 0.29) is 28.2 Å². The lowest BCUT2D eigenvalue weighted by atomic mass is 10.1. The van der Waals surface area contributed by atoms with Crippen LogP contribution in [0.1, 0.15) is 17.3 Å². The van der Waals surface area contributed by atoms with Gasteiger partial charge in [-0.15, -0.1) is 0 Å². The number of nitro benzene ring substituents is 1. The maximum atomic E-state index is 12.3. The van der Waals surface area contributed by atoms with Gasteiger partial charge in [0.1, 0.15) is 5.02 Å². The van der Waals surface area contributed by atoms with E-state index < -0.39 is 4.92 Å². The molecule has 0 saturated carbocycles. The summed E-state index contributed by atoms with van der Waals surface area (Å²) < 4.78 is 0. The zero-order chi connectivity index (χ0) is 14.6. The predicted molar refractivity (Wildman–Crippen MR) is 78.0 cm³/mol. The lowest BCUT2D eigenvalue weighted by molar-refractivity contribution is -0.384. The summed E-state index contributed by atoms with van der Waals surface area (Å²) in [7, 11) is 1.67. The molecule has 0 spiro atoms. The van der Waals surface area contributed by atoms with Gasteiger partial charge in [-0.3, -0.25) is 14.9 Å². The molecule has 0 aliphatic rings. The van der Waals surface area contributed by atoms with Crippen molar-refractivity contribution in [1.82, 2.24) is 4.90 Å². The van der Waals surface area contributed by atoms with Crippen molar-refractivity contribution < 1.29 is 9.72 Å². The van der Waals surface area contributed by atoms with E-state index in [1.165, 1.54) is 18.2 Å². The van der Waals surface area contributed by atoms with Crippen LogP contribution in [-0.2, 0) is 0 Å². The lowest BCUT2D eigenvalue weighted by Gasteiger charge is -2.24. The molecule has 1 aromatic carbocycles. The Morgan fingerprint density at radius 1 is 1.58 bits per heavy atom. The molecule has 0 aliphatic carbocycles. The SMILES string of the molecule is CSCC(C)N(C)C(=O)c1cccc([N+](=O)[O-])c1Cl. The number of thioether (sulfide) groups is 1. The lowest BCUT2D eigenvalue weighted by Crippen LogP contribution is -2.36. The molecule has 1 amide bonds. The van der Waals surface area contributed by atoms with Crippen LogP contribution in [0, 0.1) is 10.1 Å². The third kappa shape index (κ3) is 3.61. The van der Waals surface area contributed by atoms with Crippen molar-refractivity contribution >= 4 is 35.0 Å². The summed E-state index contributed by atoms with van der Waals surface area (Å²) in [5, 5.41) is 10.7. The van der Waals surface area contributed by atoms with E-state index in [2.05, 4.69) is 0 Å². The molecule has 1 rings (SSSR count). The number of benzene rings is 1. The van der Waals surface area contributed by atoms with Crippen molar-refractivity contribution in [2.24, 2.45) is 0 Å². The third-order valence-electron chi connectivity index (χ3n) is 2.79. The summed E-state index contributed by atoms with van der Waals surface area (Å²) in [5.74, 6) is 0.477. The van der Waals surface area contributed by atoms with Gasteiger partial charge in [0.15, 0.2) is 0 Å². The van der Waals surface area contributed by atoms with Gasteiger partial charge in [0.25, 0.3) is 11.6 Å². The highest BCUT2D eigenvalue weighted by Crippen LogP contribution is 2.28. The Morgan fingerprint density at radius 3 is 2.74 bits per heavy atom. The van der Waals surface area contributed by atoms with Gasteiger partial charge in [-0.2, -0.15) is 11.8 Å². The van der Waals surface area contributed by atoms with Crippen LogP contribution >= 0.6 is 23.4 Å². The molecule has 0 aromatic heterocycles. The quantitative estimate of drug-likeness (QED) is 0.619. The van der Waals surface area contributed by atoms with Gasteiger partial charge in [-0.25, -0.2) is 0 Å². The Labute approximate surface area is 121 Å². The number of carbonyl (C=O) groups excluding carboxylic acids is 1. The Kier molecular flexibility index (Phi) is 5.62. The minimum absolute atomic E-state index is 0.0258. The maximum absolute atomic E-state index is 12.3. The summed E-state index contributed by atoms with van der Waals surface area (Å²) in [6.07, 6.45) is 1.95. The summed E-state index contributed by atoms with van der Waals surface area (Å²) in [6.45, 7) is 1.92. The molecule has 5 nitrogen and oxygen atoms in total. The number of hydrogen-bond donors (Lipinski definition) is 0. The van der Waals surface area contributed by atoms with E-state index in [9.17, 15) is 14.9 Å². The van der Waals surface area contributed by atoms with E-state index in [1.54, 1.807) is 23.7 Å². The number of carbonyl (C=O) groups is 1. The Hall–Kier alpha value is -1.27. The van der Waals surface area contributed by atoms with Gasteiger partial charge in [-0.1, -0.05) is 17.7 Å². The number of halogens is 1. The van der Waals surface area contributed by atoms with Crippen molar-refractivity contribution in [3.8, 4) is 0 Å². The van der Waals surface area contributed by atoms with Gasteiger partial charge in [-0.05, 0) is 19.2 Å². The van der Waals surface area contributed by atoms with Crippen LogP contribution in [0.25, 0.3) is 0 Å². The number of hydrogen-bond acceptors (Lipinski definition) is 4. The second kappa shape index (κ2) is 6.77. The zero-order valence-electron chi connectivity index (χ0n) is 10.9. The van der Waals surface area contributed by atoms with Crippen molar-refractivity contribution in [3.05, 3.63) is 38.9 Å². The molecule has 0 heterocycles. The highest BCUT2D eigenvalue weighted by Gasteiger charge is 2.24. The Bertz CT molecular complexity index is 496. The minimum Gasteiger partial charge on any atom is -0.338 e. The molecule has 0 radical (unpaired) electrons. The summed E-state index contributed by atoms with van der Waals surface area (Å²) in [6, 6.07) is 4.27. The van der Waals surface area contributed by atoms with Gasteiger partial charge in [0.05, 0.1) is 10.5 Å². The number of rotatable bonds is 5. The predicted octanol–water partition coefficient (Wildman–Crippen LogP) is 3.07. The molecule has 0 saturated heterocycles. The largest absolute Gasteiger partial charge is 0.338 e. The van der Waals surface area contributed by atoms with Crippen molar-refractivity contribution in [3.63, 3.8) is 0 Å². The smallest absolute Gasteiger partial charge is 0.288 e. The van der Waals surface area contributed by atoms with Crippen LogP contribution < -0.4 is 0 Å². The number of amides is 1. The van der Waals surface area contributed by atoms with Gasteiger partial charge in [0.2, 0.25) is 0 Å². The molecule has 0 fully saturated rings. The first-order valence-electron chi connectivity index (χ1n) is 5.59. The first-order valence-corrected chi connectivity index (χ1v) is 7.36. The second-order valence-corrected chi connectivity index (χ2v) is 5.40. The van der Waals surface area contributed by atoms with Crippen LogP contribution in [0.3, 0.4) is 0 Å². The molecule has 1 atom stereocenters. The maximum Gasteiger partial charge on any atom is 0.288 e. The van der Waals surface area contributed by atoms with Crippen LogP contribution in [0.15, 0.2) is 18.2 Å². The second-order valence-electron chi connectivity index (χ2n) is 4.12. The molecule has 1 aromatic rings. The fourth-order valence-corrected chi connectivity index (χ4v) is 2.55. The van der Waals surface area contributed by atoms with Crippen LogP contribution in [-0.4, -0.2) is 40.8 Å². The van der Waals surface area contributed by atoms with Crippen LogP contribution in [0.2, 0.25) is 5.02 Å². The summed E-state index contributed by atoms with van der Waals surface area (Å²) in [4.78, 5) is 24.0. The standard InChI is InChI=1S/C12H15ClN2O3S/c1-8(7-19-3)14(2)12(16)9-5-4-6-10(11(9)13)15(17)18/h4-6,8H,7H2,1-3H3. The Balaban J connectivity index is 3.06. The van der Waals surface area contributed by atoms with Crippen molar-refractivity contribution in [1.29, 1.82) is 0 Å². The van der Waals surface area contributed by atoms with Crippen molar-refractivity contribution in [2.45, 2.75) is 13.0 Å². The van der Waals surface area contributed by atoms with E-state index in [0.717, 1.165) is 5.75 Å². The van der Waals surface area contributed by atoms with E-state index in [4.69, 9.17) is 11.6 Å². The van der Waals surface area contributed by atoms with Gasteiger partial charge < -0.3 is 4.90 Å². The molecule has 1 unspecified atom stereocenters. The number of nitro groups is 1. The average Bonchev–Trinajstić information content (AvgIpc) is 2.37. The van der Waals surface area contributed by atoms with E-state index >= 15 is 0 Å². The fourth-order valence-electron chi connectivity index (χ4n) is 1.57. The van der Waals surface area contributed by atoms with Gasteiger partial charge in [0, 0.05) is 24.9 Å². The molecular weight excluding hydrogens is 288 g/mol. The van der Waals surface area contributed by atoms with Crippen molar-refractivity contribution in [2.75, 3.05) is 19.1 Å². The summed E-state index contributed by atoms with van der Waals surface area (Å²) >= 11 is 7.56. The van der Waals surface area contributed by atoms with Gasteiger partial charge >= 0.3 is 0 Å². The highest BCUT2D eigenvalue weighted by molar-refractivity contribution is 7.98. The monoisotopic (exact) mass is 302 g/mol. The Morgan fingerprint density at radius 2 is 2.21 bits per heavy atom. The fraction of sp³-hybridized carbons (Fsp3) is 0.417. The normalized spacial score (nSPS) is 12.0. The molecule has 7 heteroatoms. The van der Waals surface area contributed by atoms with E-state index in [0.29, 0.717) is 0 Å². The molecule has 0 N–H and O–H groups in total. The zero-order valence-corrected chi connectivity index (χ0v) is 12.5. The van der Waals surface area contributed by atoms with Crippen LogP contribution in [0.5, 0.6) is 0 Å². The molecular formula is C12H15ClN2O3S. The molecule has 104 valence electrons. The molecule has 19 heavy (non-hydrogen) atoms. The minimum atomic E-state index is -0.593. The first-order chi connectivity index (χ1) is 8.90. The van der Waals surface area contributed by atoms with E-state index in [1.807, 2.05) is 13.2 Å². The topological polar surface area (TPSA) is 63.5 Å². The van der Waals surface area contributed by atoms with Crippen LogP contribution in [0.4, 0.5) is 5.69 Å². The average molecular weight is 303 g/mol. The molecule has 0 bridgehead atoms.